The smallest absolute Gasteiger partial charge is 0.337 e. The third-order valence-corrected chi connectivity index (χ3v) is 6.95. The van der Waals surface area contributed by atoms with Crippen molar-refractivity contribution < 1.29 is 9.90 Å². The van der Waals surface area contributed by atoms with Gasteiger partial charge in [0.2, 0.25) is 0 Å². The molecule has 2 aliphatic carbocycles. The van der Waals surface area contributed by atoms with E-state index in [2.05, 4.69) is 25.2 Å². The molecule has 5 atom stereocenters. The van der Waals surface area contributed by atoms with Crippen molar-refractivity contribution in [3.8, 4) is 0 Å². The summed E-state index contributed by atoms with van der Waals surface area (Å²) >= 11 is 0. The molecule has 2 N–H and O–H groups in total. The van der Waals surface area contributed by atoms with Crippen molar-refractivity contribution in [3.63, 3.8) is 0 Å². The van der Waals surface area contributed by atoms with E-state index in [1.165, 1.54) is 37.7 Å². The summed E-state index contributed by atoms with van der Waals surface area (Å²) in [5.41, 5.74) is 2.66. The molecule has 4 rings (SSSR count). The van der Waals surface area contributed by atoms with Crippen molar-refractivity contribution in [2.24, 2.45) is 23.7 Å². The second-order valence-electron chi connectivity index (χ2n) is 7.76. The zero-order chi connectivity index (χ0) is 16.1. The Morgan fingerprint density at radius 2 is 2.00 bits per heavy atom. The average molecular weight is 313 g/mol. The second kappa shape index (κ2) is 5.54. The minimum absolute atomic E-state index is 0.443. The van der Waals surface area contributed by atoms with Crippen LogP contribution in [0.1, 0.15) is 67.8 Å². The molecule has 0 radical (unpaired) electrons. The summed E-state index contributed by atoms with van der Waals surface area (Å²) in [6, 6.07) is 6.31. The van der Waals surface area contributed by atoms with Gasteiger partial charge in [-0.25, -0.2) is 4.79 Å². The van der Waals surface area contributed by atoms with Crippen LogP contribution in [-0.2, 0) is 0 Å². The Morgan fingerprint density at radius 1 is 1.26 bits per heavy atom. The van der Waals surface area contributed by atoms with Crippen LogP contribution in [0.15, 0.2) is 18.2 Å². The minimum Gasteiger partial charge on any atom is -0.478 e. The number of carboxylic acid groups (broad SMARTS) is 1. The first-order valence-corrected chi connectivity index (χ1v) is 9.28. The zero-order valence-electron chi connectivity index (χ0n) is 14.1. The molecule has 2 bridgehead atoms. The molecule has 2 saturated carbocycles. The van der Waals surface area contributed by atoms with Gasteiger partial charge in [0.25, 0.3) is 0 Å². The highest BCUT2D eigenvalue weighted by Crippen LogP contribution is 2.62. The fourth-order valence-electron chi connectivity index (χ4n) is 5.99. The van der Waals surface area contributed by atoms with Crippen LogP contribution in [0.25, 0.3) is 0 Å². The number of rotatable bonds is 4. The van der Waals surface area contributed by atoms with Crippen LogP contribution in [0.5, 0.6) is 0 Å². The van der Waals surface area contributed by atoms with E-state index in [0.717, 1.165) is 17.5 Å². The summed E-state index contributed by atoms with van der Waals surface area (Å²) in [4.78, 5) is 11.7. The largest absolute Gasteiger partial charge is 0.478 e. The van der Waals surface area contributed by atoms with Gasteiger partial charge in [-0.1, -0.05) is 38.8 Å². The first kappa shape index (κ1) is 15.0. The second-order valence-corrected chi connectivity index (χ2v) is 7.76. The fourth-order valence-corrected chi connectivity index (χ4v) is 5.99. The van der Waals surface area contributed by atoms with E-state index in [0.29, 0.717) is 29.4 Å². The highest BCUT2D eigenvalue weighted by Gasteiger charge is 2.54. The third kappa shape index (κ3) is 2.12. The lowest BCUT2D eigenvalue weighted by Gasteiger charge is -2.46. The Kier molecular flexibility index (Phi) is 3.62. The maximum atomic E-state index is 11.7. The van der Waals surface area contributed by atoms with Gasteiger partial charge < -0.3 is 10.4 Å². The fraction of sp³-hybridized carbons (Fsp3) is 0.650. The molecular weight excluding hydrogens is 286 g/mol. The van der Waals surface area contributed by atoms with E-state index < -0.39 is 5.97 Å². The van der Waals surface area contributed by atoms with Gasteiger partial charge in [0.1, 0.15) is 0 Å². The molecule has 1 aromatic carbocycles. The number of anilines is 1. The zero-order valence-corrected chi connectivity index (χ0v) is 14.1. The Labute approximate surface area is 138 Å². The standard InChI is InChI=1S/C20H27NO2/c1-3-11(4-2)18-17-13-9-8-12(10-13)16(17)14-6-5-7-15(20(22)23)19(14)21-18/h5-7,11-13,16-18,21H,3-4,8-10H2,1-2H3,(H,22,23)/t12-,13+,16+,17+,18+/m0/s1. The Bertz CT molecular complexity index is 622. The monoisotopic (exact) mass is 313 g/mol. The van der Waals surface area contributed by atoms with Crippen molar-refractivity contribution in [1.82, 2.24) is 0 Å². The highest BCUT2D eigenvalue weighted by atomic mass is 16.4. The molecule has 3 nitrogen and oxygen atoms in total. The topological polar surface area (TPSA) is 49.3 Å². The number of aromatic carboxylic acids is 1. The van der Waals surface area contributed by atoms with Crippen LogP contribution in [0.3, 0.4) is 0 Å². The van der Waals surface area contributed by atoms with Crippen molar-refractivity contribution in [2.75, 3.05) is 5.32 Å². The summed E-state index contributed by atoms with van der Waals surface area (Å²) < 4.78 is 0. The highest BCUT2D eigenvalue weighted by molar-refractivity contribution is 5.95. The Balaban J connectivity index is 1.83. The molecule has 23 heavy (non-hydrogen) atoms. The van der Waals surface area contributed by atoms with Gasteiger partial charge >= 0.3 is 5.97 Å². The molecular formula is C20H27NO2. The predicted molar refractivity (Wildman–Crippen MR) is 91.9 cm³/mol. The molecule has 3 aliphatic rings. The van der Waals surface area contributed by atoms with E-state index in [9.17, 15) is 9.90 Å². The van der Waals surface area contributed by atoms with E-state index in [-0.39, 0.29) is 0 Å². The Morgan fingerprint density at radius 3 is 2.70 bits per heavy atom. The molecule has 0 unspecified atom stereocenters. The van der Waals surface area contributed by atoms with Crippen molar-refractivity contribution >= 4 is 11.7 Å². The molecule has 1 aromatic rings. The molecule has 1 heterocycles. The molecule has 3 heteroatoms. The van der Waals surface area contributed by atoms with Gasteiger partial charge in [-0.2, -0.15) is 0 Å². The molecule has 1 aliphatic heterocycles. The van der Waals surface area contributed by atoms with Crippen LogP contribution in [-0.4, -0.2) is 17.1 Å². The summed E-state index contributed by atoms with van der Waals surface area (Å²) in [5.74, 6) is 2.72. The molecule has 124 valence electrons. The van der Waals surface area contributed by atoms with Gasteiger partial charge in [-0.3, -0.25) is 0 Å². The Hall–Kier alpha value is -1.51. The molecule has 0 spiro atoms. The number of carboxylic acids is 1. The van der Waals surface area contributed by atoms with Crippen LogP contribution in [0.4, 0.5) is 5.69 Å². The number of hydrogen-bond donors (Lipinski definition) is 2. The summed E-state index contributed by atoms with van der Waals surface area (Å²) in [7, 11) is 0. The first-order valence-electron chi connectivity index (χ1n) is 9.28. The first-order chi connectivity index (χ1) is 11.2. The summed E-state index contributed by atoms with van der Waals surface area (Å²) in [6.45, 7) is 4.55. The van der Waals surface area contributed by atoms with Gasteiger partial charge in [-0.15, -0.1) is 0 Å². The minimum atomic E-state index is -0.806. The maximum absolute atomic E-state index is 11.7. The quantitative estimate of drug-likeness (QED) is 0.843. The van der Waals surface area contributed by atoms with Crippen LogP contribution < -0.4 is 5.32 Å². The predicted octanol–water partition coefficient (Wildman–Crippen LogP) is 4.74. The molecule has 0 amide bonds. The van der Waals surface area contributed by atoms with Gasteiger partial charge in [-0.05, 0) is 60.5 Å². The lowest BCUT2D eigenvalue weighted by atomic mass is 9.65. The summed E-state index contributed by atoms with van der Waals surface area (Å²) in [6.07, 6.45) is 6.39. The van der Waals surface area contributed by atoms with E-state index >= 15 is 0 Å². The van der Waals surface area contributed by atoms with Crippen LogP contribution in [0, 0.1) is 23.7 Å². The normalized spacial score (nSPS) is 34.1. The van der Waals surface area contributed by atoms with Gasteiger partial charge in [0, 0.05) is 6.04 Å². The number of nitrogens with one attached hydrogen (secondary N) is 1. The van der Waals surface area contributed by atoms with Crippen molar-refractivity contribution in [3.05, 3.63) is 29.3 Å². The molecule has 2 fully saturated rings. The number of hydrogen-bond acceptors (Lipinski definition) is 2. The molecule has 0 saturated heterocycles. The van der Waals surface area contributed by atoms with Gasteiger partial charge in [0.05, 0.1) is 11.3 Å². The van der Waals surface area contributed by atoms with E-state index in [1.807, 2.05) is 6.07 Å². The SMILES string of the molecule is CCC(CC)[C@H]1Nc2c(C(=O)O)cccc2[C@H]2[C@H]3CC[C@H](C3)[C@H]21. The van der Waals surface area contributed by atoms with Crippen LogP contribution in [0.2, 0.25) is 0 Å². The average Bonchev–Trinajstić information content (AvgIpc) is 3.17. The number of benzene rings is 1. The summed E-state index contributed by atoms with van der Waals surface area (Å²) in [5, 5.41) is 13.3. The number of fused-ring (bicyclic) bond motifs is 7. The van der Waals surface area contributed by atoms with Gasteiger partial charge in [0.15, 0.2) is 0 Å². The maximum Gasteiger partial charge on any atom is 0.337 e. The lowest BCUT2D eigenvalue weighted by molar-refractivity contribution is 0.0697. The van der Waals surface area contributed by atoms with E-state index in [4.69, 9.17) is 0 Å². The third-order valence-electron chi connectivity index (χ3n) is 6.95. The van der Waals surface area contributed by atoms with Crippen molar-refractivity contribution in [1.29, 1.82) is 0 Å². The number of carbonyl (C=O) groups is 1. The van der Waals surface area contributed by atoms with E-state index in [1.54, 1.807) is 6.07 Å². The van der Waals surface area contributed by atoms with Crippen molar-refractivity contribution in [2.45, 2.75) is 57.9 Å². The lowest BCUT2D eigenvalue weighted by Crippen LogP contribution is -2.45. The van der Waals surface area contributed by atoms with Crippen LogP contribution >= 0.6 is 0 Å². The molecule has 0 aromatic heterocycles. The number of para-hydroxylation sites is 1.